The van der Waals surface area contributed by atoms with E-state index in [0.29, 0.717) is 19.4 Å². The first-order valence-corrected chi connectivity index (χ1v) is 6.84. The third-order valence-electron chi connectivity index (χ3n) is 3.25. The lowest BCUT2D eigenvalue weighted by Gasteiger charge is -2.21. The number of carbonyl (C=O) groups excluding carboxylic acids is 1. The minimum Gasteiger partial charge on any atom is -0.508 e. The molecule has 0 aromatic heterocycles. The lowest BCUT2D eigenvalue weighted by molar-refractivity contribution is -0.118. The van der Waals surface area contributed by atoms with E-state index < -0.39 is 0 Å². The van der Waals surface area contributed by atoms with Crippen LogP contribution in [0.2, 0.25) is 0 Å². The van der Waals surface area contributed by atoms with E-state index in [1.165, 1.54) is 0 Å². The van der Waals surface area contributed by atoms with Crippen molar-refractivity contribution in [1.29, 1.82) is 0 Å². The summed E-state index contributed by atoms with van der Waals surface area (Å²) in [4.78, 5) is 14.1. The van der Waals surface area contributed by atoms with Crippen molar-refractivity contribution in [3.63, 3.8) is 0 Å². The number of aromatic hydroxyl groups is 1. The van der Waals surface area contributed by atoms with Crippen molar-refractivity contribution in [3.8, 4) is 5.75 Å². The van der Waals surface area contributed by atoms with Crippen LogP contribution in [0.1, 0.15) is 18.9 Å². The van der Waals surface area contributed by atoms with E-state index in [1.54, 1.807) is 17.0 Å². The fourth-order valence-corrected chi connectivity index (χ4v) is 2.16. The summed E-state index contributed by atoms with van der Waals surface area (Å²) in [6.45, 7) is 2.64. The summed E-state index contributed by atoms with van der Waals surface area (Å²) < 4.78 is 0. The minimum atomic E-state index is 0.117. The molecule has 2 aromatic carbocycles. The van der Waals surface area contributed by atoms with E-state index in [0.717, 1.165) is 11.3 Å². The molecule has 1 amide bonds. The number of anilines is 1. The fourth-order valence-electron chi connectivity index (χ4n) is 2.16. The van der Waals surface area contributed by atoms with E-state index in [4.69, 9.17) is 0 Å². The zero-order valence-corrected chi connectivity index (χ0v) is 11.6. The highest BCUT2D eigenvalue weighted by molar-refractivity contribution is 5.93. The van der Waals surface area contributed by atoms with Gasteiger partial charge in [0.05, 0.1) is 0 Å². The van der Waals surface area contributed by atoms with Gasteiger partial charge in [-0.3, -0.25) is 4.79 Å². The Bertz CT molecular complexity index is 549. The molecular weight excluding hydrogens is 250 g/mol. The van der Waals surface area contributed by atoms with Crippen LogP contribution in [0.15, 0.2) is 54.6 Å². The number of benzene rings is 2. The highest BCUT2D eigenvalue weighted by Crippen LogP contribution is 2.16. The predicted octanol–water partition coefficient (Wildman–Crippen LogP) is 3.38. The normalized spacial score (nSPS) is 10.2. The number of hydrogen-bond acceptors (Lipinski definition) is 2. The Balaban J connectivity index is 1.98. The molecule has 3 heteroatoms. The molecule has 0 radical (unpaired) electrons. The van der Waals surface area contributed by atoms with Crippen LogP contribution in [0.25, 0.3) is 0 Å². The molecule has 20 heavy (non-hydrogen) atoms. The maximum Gasteiger partial charge on any atom is 0.227 e. The molecule has 0 fully saturated rings. The second kappa shape index (κ2) is 6.75. The molecule has 0 spiro atoms. The van der Waals surface area contributed by atoms with Gasteiger partial charge >= 0.3 is 0 Å². The first-order chi connectivity index (χ1) is 9.70. The summed E-state index contributed by atoms with van der Waals surface area (Å²) in [5.41, 5.74) is 1.99. The number of nitrogens with zero attached hydrogens (tertiary/aromatic N) is 1. The third-order valence-corrected chi connectivity index (χ3v) is 3.25. The molecule has 0 saturated carbocycles. The minimum absolute atomic E-state index is 0.117. The second-order valence-corrected chi connectivity index (χ2v) is 4.64. The van der Waals surface area contributed by atoms with Gasteiger partial charge in [0.15, 0.2) is 0 Å². The van der Waals surface area contributed by atoms with E-state index in [1.807, 2.05) is 49.4 Å². The van der Waals surface area contributed by atoms with Crippen LogP contribution in [-0.4, -0.2) is 17.6 Å². The molecule has 0 aliphatic carbocycles. The highest BCUT2D eigenvalue weighted by atomic mass is 16.3. The summed E-state index contributed by atoms with van der Waals surface area (Å²) in [7, 11) is 0. The van der Waals surface area contributed by atoms with Crippen LogP contribution >= 0.6 is 0 Å². The monoisotopic (exact) mass is 269 g/mol. The molecule has 1 N–H and O–H groups in total. The second-order valence-electron chi connectivity index (χ2n) is 4.64. The standard InChI is InChI=1S/C17H19NO2/c1-2-18(15-6-4-3-5-7-15)17(20)13-10-14-8-11-16(19)12-9-14/h3-9,11-12,19H,2,10,13H2,1H3. The smallest absolute Gasteiger partial charge is 0.227 e. The predicted molar refractivity (Wildman–Crippen MR) is 80.9 cm³/mol. The van der Waals surface area contributed by atoms with Gasteiger partial charge in [-0.15, -0.1) is 0 Å². The zero-order chi connectivity index (χ0) is 14.4. The molecule has 0 saturated heterocycles. The third kappa shape index (κ3) is 3.60. The lowest BCUT2D eigenvalue weighted by atomic mass is 10.1. The maximum absolute atomic E-state index is 12.3. The largest absolute Gasteiger partial charge is 0.508 e. The number of aryl methyl sites for hydroxylation is 1. The Labute approximate surface area is 119 Å². The summed E-state index contributed by atoms with van der Waals surface area (Å²) in [5.74, 6) is 0.367. The Kier molecular flexibility index (Phi) is 4.77. The van der Waals surface area contributed by atoms with Gasteiger partial charge in [0.2, 0.25) is 5.91 Å². The number of phenolic OH excluding ortho intramolecular Hbond substituents is 1. The molecule has 0 unspecified atom stereocenters. The van der Waals surface area contributed by atoms with Gasteiger partial charge in [-0.2, -0.15) is 0 Å². The van der Waals surface area contributed by atoms with Gasteiger partial charge in [0.1, 0.15) is 5.75 Å². The molecule has 2 aromatic rings. The van der Waals surface area contributed by atoms with E-state index in [-0.39, 0.29) is 11.7 Å². The van der Waals surface area contributed by atoms with Gasteiger partial charge in [-0.25, -0.2) is 0 Å². The van der Waals surface area contributed by atoms with E-state index >= 15 is 0 Å². The van der Waals surface area contributed by atoms with Gasteiger partial charge < -0.3 is 10.0 Å². The Morgan fingerprint density at radius 2 is 1.70 bits per heavy atom. The average Bonchev–Trinajstić information content (AvgIpc) is 2.48. The van der Waals surface area contributed by atoms with Crippen molar-refractivity contribution >= 4 is 11.6 Å². The Hall–Kier alpha value is -2.29. The van der Waals surface area contributed by atoms with Crippen molar-refractivity contribution in [1.82, 2.24) is 0 Å². The number of rotatable bonds is 5. The molecule has 0 heterocycles. The first-order valence-electron chi connectivity index (χ1n) is 6.84. The topological polar surface area (TPSA) is 40.5 Å². The van der Waals surface area contributed by atoms with Gasteiger partial charge in [0.25, 0.3) is 0 Å². The van der Waals surface area contributed by atoms with Crippen LogP contribution < -0.4 is 4.90 Å². The molecule has 0 aliphatic heterocycles. The summed E-state index contributed by atoms with van der Waals surface area (Å²) in [6, 6.07) is 16.7. The molecule has 0 atom stereocenters. The lowest BCUT2D eigenvalue weighted by Crippen LogP contribution is -2.30. The molecule has 3 nitrogen and oxygen atoms in total. The molecule has 104 valence electrons. The molecular formula is C17H19NO2. The summed E-state index contributed by atoms with van der Waals surface area (Å²) in [6.07, 6.45) is 1.15. The van der Waals surface area contributed by atoms with Crippen molar-refractivity contribution in [2.75, 3.05) is 11.4 Å². The number of phenols is 1. The summed E-state index contributed by atoms with van der Waals surface area (Å²) >= 11 is 0. The number of para-hydroxylation sites is 1. The van der Waals surface area contributed by atoms with Crippen molar-refractivity contribution in [2.24, 2.45) is 0 Å². The number of amides is 1. The Morgan fingerprint density at radius 3 is 2.30 bits per heavy atom. The molecule has 2 rings (SSSR count). The van der Waals surface area contributed by atoms with Gasteiger partial charge in [-0.1, -0.05) is 30.3 Å². The number of carbonyl (C=O) groups is 1. The van der Waals surface area contributed by atoms with Crippen LogP contribution in [0.5, 0.6) is 5.75 Å². The first kappa shape index (κ1) is 14.1. The highest BCUT2D eigenvalue weighted by Gasteiger charge is 2.13. The van der Waals surface area contributed by atoms with Gasteiger partial charge in [-0.05, 0) is 43.2 Å². The van der Waals surface area contributed by atoms with Crippen LogP contribution in [-0.2, 0) is 11.2 Å². The van der Waals surface area contributed by atoms with Crippen molar-refractivity contribution < 1.29 is 9.90 Å². The van der Waals surface area contributed by atoms with Crippen molar-refractivity contribution in [2.45, 2.75) is 19.8 Å². The van der Waals surface area contributed by atoms with E-state index in [2.05, 4.69) is 0 Å². The van der Waals surface area contributed by atoms with Crippen LogP contribution in [0.4, 0.5) is 5.69 Å². The quantitative estimate of drug-likeness (QED) is 0.904. The zero-order valence-electron chi connectivity index (χ0n) is 11.6. The average molecular weight is 269 g/mol. The SMILES string of the molecule is CCN(C(=O)CCc1ccc(O)cc1)c1ccccc1. The van der Waals surface area contributed by atoms with E-state index in [9.17, 15) is 9.90 Å². The van der Waals surface area contributed by atoms with Crippen molar-refractivity contribution in [3.05, 3.63) is 60.2 Å². The van der Waals surface area contributed by atoms with Crippen LogP contribution in [0.3, 0.4) is 0 Å². The maximum atomic E-state index is 12.3. The Morgan fingerprint density at radius 1 is 1.05 bits per heavy atom. The number of hydrogen-bond donors (Lipinski definition) is 1. The van der Waals surface area contributed by atoms with Crippen LogP contribution in [0, 0.1) is 0 Å². The molecule has 0 aliphatic rings. The fraction of sp³-hybridized carbons (Fsp3) is 0.235. The molecule has 0 bridgehead atoms. The van der Waals surface area contributed by atoms with Gasteiger partial charge in [0, 0.05) is 18.7 Å². The summed E-state index contributed by atoms with van der Waals surface area (Å²) in [5, 5.41) is 9.23.